The first-order valence-electron chi connectivity index (χ1n) is 5.38. The Morgan fingerprint density at radius 2 is 2.50 bits per heavy atom. The van der Waals surface area contributed by atoms with E-state index in [1.165, 1.54) is 4.90 Å². The minimum absolute atomic E-state index is 0.0788. The van der Waals surface area contributed by atoms with Crippen LogP contribution in [0.3, 0.4) is 0 Å². The number of likely N-dealkylation sites (tertiary alicyclic amines) is 1. The Balaban J connectivity index is 2.52. The van der Waals surface area contributed by atoms with Gasteiger partial charge in [0, 0.05) is 12.5 Å². The van der Waals surface area contributed by atoms with Gasteiger partial charge in [0.25, 0.3) is 0 Å². The van der Waals surface area contributed by atoms with Gasteiger partial charge in [-0.2, -0.15) is 0 Å². The highest BCUT2D eigenvalue weighted by Gasteiger charge is 2.42. The van der Waals surface area contributed by atoms with Gasteiger partial charge in [-0.1, -0.05) is 6.08 Å². The van der Waals surface area contributed by atoms with Crippen LogP contribution in [-0.4, -0.2) is 40.8 Å². The van der Waals surface area contributed by atoms with Crippen molar-refractivity contribution in [1.82, 2.24) is 4.90 Å². The maximum Gasteiger partial charge on any atom is 0.356 e. The molecule has 0 spiro atoms. The third-order valence-electron chi connectivity index (χ3n) is 2.56. The molecule has 1 fully saturated rings. The molecular formula is C11H17NO4. The fourth-order valence-corrected chi connectivity index (χ4v) is 1.71. The molecule has 16 heavy (non-hydrogen) atoms. The molecule has 0 aromatic rings. The Labute approximate surface area is 94.7 Å². The van der Waals surface area contributed by atoms with Crippen LogP contribution in [0.1, 0.15) is 26.2 Å². The van der Waals surface area contributed by atoms with Crippen molar-refractivity contribution in [2.24, 2.45) is 0 Å². The van der Waals surface area contributed by atoms with E-state index in [0.29, 0.717) is 12.8 Å². The van der Waals surface area contributed by atoms with Gasteiger partial charge in [0.15, 0.2) is 0 Å². The molecule has 0 saturated carbocycles. The molecule has 90 valence electrons. The van der Waals surface area contributed by atoms with Crippen LogP contribution in [0.5, 0.6) is 0 Å². The Morgan fingerprint density at radius 3 is 3.00 bits per heavy atom. The number of carbonyl (C=O) groups is 2. The molecule has 0 aliphatic carbocycles. The molecule has 0 radical (unpaired) electrons. The standard InChI is InChI=1S/C11H17NO4/c1-3-5-6-8-7-9(13)12(8)10(14)11(15)16-4-2/h3,8,10,14H,1,4-7H2,2H3. The first-order valence-corrected chi connectivity index (χ1v) is 5.38. The lowest BCUT2D eigenvalue weighted by Gasteiger charge is -2.42. The second-order valence-corrected chi connectivity index (χ2v) is 3.65. The van der Waals surface area contributed by atoms with E-state index >= 15 is 0 Å². The number of esters is 1. The fraction of sp³-hybridized carbons (Fsp3) is 0.636. The summed E-state index contributed by atoms with van der Waals surface area (Å²) in [5.41, 5.74) is 0. The molecule has 5 heteroatoms. The van der Waals surface area contributed by atoms with Gasteiger partial charge in [-0.25, -0.2) is 4.79 Å². The van der Waals surface area contributed by atoms with Gasteiger partial charge >= 0.3 is 5.97 Å². The van der Waals surface area contributed by atoms with Crippen LogP contribution in [0.2, 0.25) is 0 Å². The zero-order valence-corrected chi connectivity index (χ0v) is 9.39. The van der Waals surface area contributed by atoms with Gasteiger partial charge in [-0.05, 0) is 19.8 Å². The van der Waals surface area contributed by atoms with E-state index in [4.69, 9.17) is 0 Å². The van der Waals surface area contributed by atoms with Crippen LogP contribution in [0, 0.1) is 0 Å². The zero-order chi connectivity index (χ0) is 12.1. The number of carbonyl (C=O) groups excluding carboxylic acids is 2. The van der Waals surface area contributed by atoms with E-state index in [1.807, 2.05) is 0 Å². The van der Waals surface area contributed by atoms with Crippen molar-refractivity contribution in [3.63, 3.8) is 0 Å². The number of ether oxygens (including phenoxy) is 1. The zero-order valence-electron chi connectivity index (χ0n) is 9.39. The number of aliphatic hydroxyl groups is 1. The Kier molecular flexibility index (Phi) is 4.49. The topological polar surface area (TPSA) is 66.8 Å². The number of hydrogen-bond acceptors (Lipinski definition) is 4. The van der Waals surface area contributed by atoms with Crippen molar-refractivity contribution in [2.75, 3.05) is 6.61 Å². The highest BCUT2D eigenvalue weighted by molar-refractivity contribution is 5.88. The Morgan fingerprint density at radius 1 is 1.81 bits per heavy atom. The molecule has 0 aromatic heterocycles. The summed E-state index contributed by atoms with van der Waals surface area (Å²) in [6.07, 6.45) is 2.13. The van der Waals surface area contributed by atoms with Crippen LogP contribution in [0.25, 0.3) is 0 Å². The van der Waals surface area contributed by atoms with E-state index in [2.05, 4.69) is 11.3 Å². The molecule has 5 nitrogen and oxygen atoms in total. The average molecular weight is 227 g/mol. The summed E-state index contributed by atoms with van der Waals surface area (Å²) < 4.78 is 4.66. The number of allylic oxidation sites excluding steroid dienone is 1. The van der Waals surface area contributed by atoms with E-state index in [-0.39, 0.29) is 18.6 Å². The molecule has 1 amide bonds. The van der Waals surface area contributed by atoms with Gasteiger partial charge in [-0.15, -0.1) is 6.58 Å². The first-order chi connectivity index (χ1) is 7.61. The number of nitrogens with zero attached hydrogens (tertiary/aromatic N) is 1. The SMILES string of the molecule is C=CCCC1CC(=O)N1C(O)C(=O)OCC. The summed E-state index contributed by atoms with van der Waals surface area (Å²) in [5, 5.41) is 9.61. The van der Waals surface area contributed by atoms with Crippen molar-refractivity contribution in [2.45, 2.75) is 38.5 Å². The molecule has 1 rings (SSSR count). The Bertz CT molecular complexity index is 290. The van der Waals surface area contributed by atoms with E-state index < -0.39 is 12.2 Å². The summed E-state index contributed by atoms with van der Waals surface area (Å²) in [5.74, 6) is -0.978. The number of rotatable bonds is 6. The molecular weight excluding hydrogens is 210 g/mol. The number of β-lactam (4-membered cyclic amide) rings is 1. The molecule has 0 aromatic carbocycles. The van der Waals surface area contributed by atoms with Crippen LogP contribution in [0.4, 0.5) is 0 Å². The van der Waals surface area contributed by atoms with Crippen molar-refractivity contribution in [3.05, 3.63) is 12.7 Å². The average Bonchev–Trinajstić information content (AvgIpc) is 2.24. The van der Waals surface area contributed by atoms with Gasteiger partial charge in [0.2, 0.25) is 12.1 Å². The molecule has 1 saturated heterocycles. The van der Waals surface area contributed by atoms with Crippen LogP contribution >= 0.6 is 0 Å². The summed E-state index contributed by atoms with van der Waals surface area (Å²) >= 11 is 0. The van der Waals surface area contributed by atoms with Crippen molar-refractivity contribution in [3.8, 4) is 0 Å². The second kappa shape index (κ2) is 5.65. The quantitative estimate of drug-likeness (QED) is 0.406. The monoisotopic (exact) mass is 227 g/mol. The van der Waals surface area contributed by atoms with Crippen LogP contribution in [0.15, 0.2) is 12.7 Å². The third kappa shape index (κ3) is 2.61. The first kappa shape index (κ1) is 12.7. The number of amides is 1. The number of aliphatic hydroxyl groups excluding tert-OH is 1. The summed E-state index contributed by atoms with van der Waals surface area (Å²) in [4.78, 5) is 23.7. The lowest BCUT2D eigenvalue weighted by atomic mass is 9.96. The molecule has 0 bridgehead atoms. The lowest BCUT2D eigenvalue weighted by Crippen LogP contribution is -2.60. The van der Waals surface area contributed by atoms with Crippen molar-refractivity contribution >= 4 is 11.9 Å². The predicted octanol–water partition coefficient (Wildman–Crippen LogP) is 0.435. The van der Waals surface area contributed by atoms with Gasteiger partial charge in [0.05, 0.1) is 6.61 Å². The lowest BCUT2D eigenvalue weighted by molar-refractivity contribution is -0.183. The summed E-state index contributed by atoms with van der Waals surface area (Å²) in [6.45, 7) is 5.43. The van der Waals surface area contributed by atoms with Gasteiger partial charge in [-0.3, -0.25) is 4.79 Å². The third-order valence-corrected chi connectivity index (χ3v) is 2.56. The normalized spacial score (nSPS) is 21.2. The molecule has 1 N–H and O–H groups in total. The highest BCUT2D eigenvalue weighted by Crippen LogP contribution is 2.25. The van der Waals surface area contributed by atoms with Gasteiger partial charge in [0.1, 0.15) is 0 Å². The molecule has 1 aliphatic rings. The minimum Gasteiger partial charge on any atom is -0.463 e. The molecule has 1 heterocycles. The number of hydrogen-bond donors (Lipinski definition) is 1. The maximum atomic E-state index is 11.3. The van der Waals surface area contributed by atoms with Crippen LogP contribution < -0.4 is 0 Å². The van der Waals surface area contributed by atoms with E-state index in [1.54, 1.807) is 13.0 Å². The fourth-order valence-electron chi connectivity index (χ4n) is 1.71. The van der Waals surface area contributed by atoms with Gasteiger partial charge < -0.3 is 14.7 Å². The Hall–Kier alpha value is -1.36. The molecule has 2 atom stereocenters. The van der Waals surface area contributed by atoms with Crippen molar-refractivity contribution < 1.29 is 19.4 Å². The summed E-state index contributed by atoms with van der Waals surface area (Å²) in [7, 11) is 0. The predicted molar refractivity (Wildman–Crippen MR) is 57.3 cm³/mol. The smallest absolute Gasteiger partial charge is 0.356 e. The maximum absolute atomic E-state index is 11.3. The second-order valence-electron chi connectivity index (χ2n) is 3.65. The summed E-state index contributed by atoms with van der Waals surface area (Å²) in [6, 6.07) is -0.0788. The van der Waals surface area contributed by atoms with E-state index in [9.17, 15) is 14.7 Å². The molecule has 1 aliphatic heterocycles. The molecule has 2 unspecified atom stereocenters. The van der Waals surface area contributed by atoms with Crippen molar-refractivity contribution in [1.29, 1.82) is 0 Å². The largest absolute Gasteiger partial charge is 0.463 e. The minimum atomic E-state index is -1.46. The highest BCUT2D eigenvalue weighted by atomic mass is 16.5. The van der Waals surface area contributed by atoms with E-state index in [0.717, 1.165) is 6.42 Å². The van der Waals surface area contributed by atoms with Crippen LogP contribution in [-0.2, 0) is 14.3 Å².